The van der Waals surface area contributed by atoms with Crippen LogP contribution >= 0.6 is 0 Å². The van der Waals surface area contributed by atoms with Gasteiger partial charge in [0.15, 0.2) is 0 Å². The molecule has 1 aliphatic rings. The van der Waals surface area contributed by atoms with Gasteiger partial charge in [-0.15, -0.1) is 10.2 Å². The Morgan fingerprint density at radius 1 is 1.50 bits per heavy atom. The van der Waals surface area contributed by atoms with Crippen LogP contribution in [0.3, 0.4) is 0 Å². The summed E-state index contributed by atoms with van der Waals surface area (Å²) >= 11 is 0. The summed E-state index contributed by atoms with van der Waals surface area (Å²) in [5.74, 6) is 2.06. The molecule has 0 aromatic carbocycles. The van der Waals surface area contributed by atoms with Gasteiger partial charge in [0.05, 0.1) is 6.04 Å². The van der Waals surface area contributed by atoms with E-state index in [1.165, 1.54) is 12.8 Å². The largest absolute Gasteiger partial charge is 0.423 e. The molecule has 1 atom stereocenters. The zero-order chi connectivity index (χ0) is 8.55. The van der Waals surface area contributed by atoms with Crippen LogP contribution in [0.5, 0.6) is 0 Å². The molecule has 2 rings (SSSR count). The van der Waals surface area contributed by atoms with Gasteiger partial charge in [0.1, 0.15) is 0 Å². The van der Waals surface area contributed by atoms with Gasteiger partial charge in [-0.1, -0.05) is 0 Å². The third-order valence-corrected chi connectivity index (χ3v) is 2.19. The first-order valence-corrected chi connectivity index (χ1v) is 4.32. The summed E-state index contributed by atoms with van der Waals surface area (Å²) < 4.78 is 5.48. The highest BCUT2D eigenvalue weighted by molar-refractivity contribution is 5.01. The molecule has 0 saturated heterocycles. The molecule has 4 heteroatoms. The summed E-state index contributed by atoms with van der Waals surface area (Å²) in [6, 6.07) is 0.157. The maximum absolute atomic E-state index is 5.48. The second-order valence-corrected chi connectivity index (χ2v) is 3.26. The highest BCUT2D eigenvalue weighted by Gasteiger charge is 2.29. The molecule has 0 amide bonds. The van der Waals surface area contributed by atoms with E-state index < -0.39 is 0 Å². The molecule has 1 saturated carbocycles. The average molecular weight is 167 g/mol. The lowest BCUT2D eigenvalue weighted by molar-refractivity contribution is 0.406. The molecule has 1 fully saturated rings. The van der Waals surface area contributed by atoms with E-state index in [2.05, 4.69) is 15.5 Å². The van der Waals surface area contributed by atoms with Gasteiger partial charge in [-0.2, -0.15) is 0 Å². The van der Waals surface area contributed by atoms with Crippen LogP contribution < -0.4 is 5.32 Å². The number of hydrogen-bond donors (Lipinski definition) is 1. The average Bonchev–Trinajstić information content (AvgIpc) is 2.83. The Morgan fingerprint density at radius 3 is 2.83 bits per heavy atom. The fourth-order valence-corrected chi connectivity index (χ4v) is 1.04. The van der Waals surface area contributed by atoms with Crippen LogP contribution in [0.2, 0.25) is 0 Å². The molecule has 4 nitrogen and oxygen atoms in total. The van der Waals surface area contributed by atoms with Gasteiger partial charge in [-0.05, 0) is 26.8 Å². The maximum Gasteiger partial charge on any atom is 0.233 e. The fraction of sp³-hybridized carbons (Fsp3) is 0.750. The van der Waals surface area contributed by atoms with Crippen molar-refractivity contribution in [1.29, 1.82) is 0 Å². The van der Waals surface area contributed by atoms with E-state index in [-0.39, 0.29) is 6.04 Å². The number of rotatable bonds is 3. The van der Waals surface area contributed by atoms with Crippen molar-refractivity contribution in [2.24, 2.45) is 0 Å². The van der Waals surface area contributed by atoms with Crippen molar-refractivity contribution in [3.05, 3.63) is 11.8 Å². The molecular weight excluding hydrogens is 154 g/mol. The molecule has 1 aliphatic carbocycles. The smallest absolute Gasteiger partial charge is 0.233 e. The lowest BCUT2D eigenvalue weighted by atomic mass is 10.3. The lowest BCUT2D eigenvalue weighted by Crippen LogP contribution is -2.12. The Bertz CT molecular complexity index is 267. The summed E-state index contributed by atoms with van der Waals surface area (Å²) in [7, 11) is 1.88. The molecule has 1 aromatic heterocycles. The summed E-state index contributed by atoms with van der Waals surface area (Å²) in [5, 5.41) is 11.0. The molecule has 0 radical (unpaired) electrons. The fourth-order valence-electron chi connectivity index (χ4n) is 1.04. The van der Waals surface area contributed by atoms with Crippen LogP contribution in [0, 0.1) is 0 Å². The monoisotopic (exact) mass is 167 g/mol. The molecule has 1 N–H and O–H groups in total. The molecule has 66 valence electrons. The normalized spacial score (nSPS) is 19.5. The van der Waals surface area contributed by atoms with Gasteiger partial charge >= 0.3 is 0 Å². The first kappa shape index (κ1) is 7.73. The maximum atomic E-state index is 5.48. The molecule has 0 aliphatic heterocycles. The van der Waals surface area contributed by atoms with Crippen LogP contribution in [0.25, 0.3) is 0 Å². The number of nitrogens with one attached hydrogen (secondary N) is 1. The molecule has 1 unspecified atom stereocenters. The first-order valence-electron chi connectivity index (χ1n) is 4.32. The zero-order valence-electron chi connectivity index (χ0n) is 7.37. The minimum atomic E-state index is 0.157. The quantitative estimate of drug-likeness (QED) is 0.735. The summed E-state index contributed by atoms with van der Waals surface area (Å²) in [6.45, 7) is 2.00. The lowest BCUT2D eigenvalue weighted by Gasteiger charge is -2.01. The third-order valence-electron chi connectivity index (χ3n) is 2.19. The molecular formula is C8H13N3O. The number of hydrogen-bond acceptors (Lipinski definition) is 4. The van der Waals surface area contributed by atoms with Crippen molar-refractivity contribution in [1.82, 2.24) is 15.5 Å². The van der Waals surface area contributed by atoms with E-state index in [9.17, 15) is 0 Å². The molecule has 0 bridgehead atoms. The van der Waals surface area contributed by atoms with Crippen molar-refractivity contribution in [2.75, 3.05) is 7.05 Å². The van der Waals surface area contributed by atoms with Gasteiger partial charge < -0.3 is 9.73 Å². The van der Waals surface area contributed by atoms with Crippen LogP contribution in [-0.4, -0.2) is 17.2 Å². The van der Waals surface area contributed by atoms with Gasteiger partial charge in [0.2, 0.25) is 11.8 Å². The zero-order valence-corrected chi connectivity index (χ0v) is 7.37. The van der Waals surface area contributed by atoms with E-state index >= 15 is 0 Å². The SMILES string of the molecule is CNC(C)c1nnc(C2CC2)o1. The van der Waals surface area contributed by atoms with Crippen molar-refractivity contribution >= 4 is 0 Å². The van der Waals surface area contributed by atoms with Crippen molar-refractivity contribution < 1.29 is 4.42 Å². The second kappa shape index (κ2) is 2.86. The third kappa shape index (κ3) is 1.34. The highest BCUT2D eigenvalue weighted by atomic mass is 16.4. The Morgan fingerprint density at radius 2 is 2.25 bits per heavy atom. The predicted molar refractivity (Wildman–Crippen MR) is 43.7 cm³/mol. The topological polar surface area (TPSA) is 51.0 Å². The molecule has 12 heavy (non-hydrogen) atoms. The van der Waals surface area contributed by atoms with Gasteiger partial charge in [0.25, 0.3) is 0 Å². The van der Waals surface area contributed by atoms with Crippen LogP contribution in [0.15, 0.2) is 4.42 Å². The second-order valence-electron chi connectivity index (χ2n) is 3.26. The Labute approximate surface area is 71.4 Å². The number of nitrogens with zero attached hydrogens (tertiary/aromatic N) is 2. The minimum absolute atomic E-state index is 0.157. The van der Waals surface area contributed by atoms with Gasteiger partial charge in [0, 0.05) is 5.92 Å². The van der Waals surface area contributed by atoms with Crippen LogP contribution in [-0.2, 0) is 0 Å². The van der Waals surface area contributed by atoms with Crippen molar-refractivity contribution in [2.45, 2.75) is 31.7 Å². The standard InChI is InChI=1S/C8H13N3O/c1-5(9-2)7-10-11-8(12-7)6-3-4-6/h5-6,9H,3-4H2,1-2H3. The van der Waals surface area contributed by atoms with Gasteiger partial charge in [-0.3, -0.25) is 0 Å². The van der Waals surface area contributed by atoms with Crippen molar-refractivity contribution in [3.63, 3.8) is 0 Å². The summed E-state index contributed by atoms with van der Waals surface area (Å²) in [6.07, 6.45) is 2.41. The van der Waals surface area contributed by atoms with Crippen LogP contribution in [0.4, 0.5) is 0 Å². The summed E-state index contributed by atoms with van der Waals surface area (Å²) in [5.41, 5.74) is 0. The van der Waals surface area contributed by atoms with Crippen molar-refractivity contribution in [3.8, 4) is 0 Å². The molecule has 0 spiro atoms. The first-order chi connectivity index (χ1) is 5.81. The highest BCUT2D eigenvalue weighted by Crippen LogP contribution is 2.39. The van der Waals surface area contributed by atoms with E-state index in [1.807, 2.05) is 14.0 Å². The van der Waals surface area contributed by atoms with E-state index in [0.717, 1.165) is 5.89 Å². The minimum Gasteiger partial charge on any atom is -0.423 e. The van der Waals surface area contributed by atoms with E-state index in [1.54, 1.807) is 0 Å². The molecule has 1 heterocycles. The number of aromatic nitrogens is 2. The Hall–Kier alpha value is -0.900. The molecule has 1 aromatic rings. The van der Waals surface area contributed by atoms with E-state index in [0.29, 0.717) is 11.8 Å². The predicted octanol–water partition coefficient (Wildman–Crippen LogP) is 1.23. The Kier molecular flexibility index (Phi) is 1.84. The van der Waals surface area contributed by atoms with E-state index in [4.69, 9.17) is 4.42 Å². The summed E-state index contributed by atoms with van der Waals surface area (Å²) in [4.78, 5) is 0. The van der Waals surface area contributed by atoms with Gasteiger partial charge in [-0.25, -0.2) is 0 Å². The van der Waals surface area contributed by atoms with Crippen LogP contribution in [0.1, 0.15) is 43.5 Å². The Balaban J connectivity index is 2.12.